The van der Waals surface area contributed by atoms with E-state index >= 15 is 0 Å². The topological polar surface area (TPSA) is 15.3 Å². The average Bonchev–Trinajstić information content (AvgIpc) is 0.735. The van der Waals surface area contributed by atoms with E-state index in [2.05, 4.69) is 337 Å². The van der Waals surface area contributed by atoms with E-state index in [1.54, 1.807) is 37.6 Å². The quantitative estimate of drug-likeness (QED) is 0.0967. The molecule has 19 rings (SSSR count). The molecule has 0 saturated heterocycles. The summed E-state index contributed by atoms with van der Waals surface area (Å²) in [4.78, 5) is 9.73. The number of benzene rings is 10. The molecule has 0 bridgehead atoms. The van der Waals surface area contributed by atoms with Crippen molar-refractivity contribution in [1.29, 1.82) is 0 Å². The van der Waals surface area contributed by atoms with E-state index in [1.807, 2.05) is 53.1 Å². The SMILES string of the molecule is C/C=[N+]1\CSc2c(C)cc(C)cc2C1.CN1C[N+](C)(c2ccccc2)Cc2ccccc21.C[N+]1(c2ccccc2)CSc2c(Cl)cc(Cl)cc2[Si]1(C)C.C[Si]1(C)c2c(ccc3ccccc23)SC[N+]1=C1CCCCC1.C[Si]1(C)c2cc3ccccc3cc2SC[N+]1=C1CCCCC1.Cc1cc2c(c(C)c1C)SC[N+](=C1CCCCC1)[Si]2(C)C. The Kier molecular flexibility index (Phi) is 28.4. The maximum Gasteiger partial charge on any atom is 0.387 e. The smallest absolute Gasteiger partial charge is 0.341 e. The lowest BCUT2D eigenvalue weighted by atomic mass is 9.99. The Morgan fingerprint density at radius 1 is 0.432 bits per heavy atom. The lowest BCUT2D eigenvalue weighted by Crippen LogP contribution is -2.72. The molecule has 6 heterocycles. The summed E-state index contributed by atoms with van der Waals surface area (Å²) < 4.78 is 12.8. The van der Waals surface area contributed by atoms with E-state index < -0.39 is 32.9 Å². The van der Waals surface area contributed by atoms with Gasteiger partial charge in [0.1, 0.15) is 47.1 Å². The molecule has 7 nitrogen and oxygen atoms in total. The zero-order chi connectivity index (χ0) is 83.5. The predicted molar refractivity (Wildman–Crippen MR) is 536 cm³/mol. The Bertz CT molecular complexity index is 5480. The summed E-state index contributed by atoms with van der Waals surface area (Å²) in [5.41, 5.74) is 19.6. The molecule has 10 aromatic rings. The molecule has 6 aliphatic heterocycles. The molecule has 9 aliphatic rings. The highest BCUT2D eigenvalue weighted by atomic mass is 35.5. The molecule has 118 heavy (non-hydrogen) atoms. The van der Waals surface area contributed by atoms with Crippen LogP contribution in [-0.4, -0.2) is 131 Å². The Morgan fingerprint density at radius 2 is 0.958 bits per heavy atom. The summed E-state index contributed by atoms with van der Waals surface area (Å²) >= 11 is 22.7. The summed E-state index contributed by atoms with van der Waals surface area (Å²) in [5.74, 6) is 5.62. The summed E-state index contributed by atoms with van der Waals surface area (Å²) in [6.45, 7) is 36.6. The fourth-order valence-corrected chi connectivity index (χ4v) is 45.8. The summed E-state index contributed by atoms with van der Waals surface area (Å²) in [5, 5.41) is 13.6. The van der Waals surface area contributed by atoms with E-state index in [9.17, 15) is 0 Å². The number of aryl methyl sites for hydroxylation is 3. The minimum Gasteiger partial charge on any atom is -0.341 e. The highest BCUT2D eigenvalue weighted by Crippen LogP contribution is 2.44. The molecule has 3 fully saturated rings. The van der Waals surface area contributed by atoms with Gasteiger partial charge in [0.05, 0.1) is 19.1 Å². The second-order valence-electron chi connectivity index (χ2n) is 36.7. The second kappa shape index (κ2) is 37.8. The van der Waals surface area contributed by atoms with Crippen molar-refractivity contribution in [3.63, 3.8) is 0 Å². The summed E-state index contributed by atoms with van der Waals surface area (Å²) in [6.07, 6.45) is 22.8. The fraction of sp³-hybridized carbons (Fsp3) is 0.400. The van der Waals surface area contributed by atoms with Crippen molar-refractivity contribution >= 4 is 198 Å². The van der Waals surface area contributed by atoms with Crippen LogP contribution >= 0.6 is 82.0 Å². The number of rotatable bonds is 2. The van der Waals surface area contributed by atoms with Crippen LogP contribution in [0.3, 0.4) is 0 Å². The number of hydrogen-bond donors (Lipinski definition) is 0. The maximum absolute atomic E-state index is 6.42. The highest BCUT2D eigenvalue weighted by Gasteiger charge is 2.53. The molecule has 0 aromatic heterocycles. The van der Waals surface area contributed by atoms with Crippen LogP contribution in [0, 0.1) is 34.6 Å². The van der Waals surface area contributed by atoms with E-state index in [0.29, 0.717) is 0 Å². The molecule has 2 unspecified atom stereocenters. The first-order chi connectivity index (χ1) is 56.5. The van der Waals surface area contributed by atoms with Gasteiger partial charge in [-0.15, -0.1) is 0 Å². The molecule has 0 radical (unpaired) electrons. The van der Waals surface area contributed by atoms with Gasteiger partial charge in [0.25, 0.3) is 0 Å². The molecule has 0 spiro atoms. The van der Waals surface area contributed by atoms with Crippen LogP contribution in [0.4, 0.5) is 17.1 Å². The number of para-hydroxylation sites is 3. The molecule has 618 valence electrons. The number of nitrogens with zero attached hydrogens (tertiary/aromatic N) is 7. The standard InChI is InChI=1S/2C19H24NSSi.C18H28NSSi.C16H18Cl2NSSi.C16H19N2.C12H16NS/c1-22(2)19-13-16-9-7-6-8-15(16)12-18(19)21-14-20(22)17-10-4-3-5-11-17;1-22(2)19-17-11-7-6-8-15(17)12-13-18(19)21-14-20(22)16-9-4-3-5-10-16;1-13-11-17-18(15(3)14(13)2)20-12-19(21(17,4)5)16-9-7-6-8-10-16;1-19(13-7-5-4-6-8-13)11-20-16-14(18)9-12(17)10-15(16)21(19,2)3;1-17-13-18(2,15-9-4-3-5-10-15)12-14-8-6-7-11-16(14)17;1-4-13-7-11-6-9(2)5-10(3)12(11)14-8-13/h6-9,12-13H,3-5,10-11,14H2,1-2H3;6-8,11-13H,3-5,9-10,14H2,1-2H3;11H,6-10,12H2,1-5H3;4-10H,11H2,1-3H3;3-11H,12-13H2,1-2H3;4-6H,7-8H2,1-3H3/q6*+1/b;;;;;13-4-. The van der Waals surface area contributed by atoms with Gasteiger partial charge >= 0.3 is 32.9 Å². The van der Waals surface area contributed by atoms with Crippen LogP contribution in [0.1, 0.15) is 142 Å². The van der Waals surface area contributed by atoms with Gasteiger partial charge in [0.2, 0.25) is 0 Å². The van der Waals surface area contributed by atoms with Gasteiger partial charge in [-0.3, -0.25) is 17.2 Å². The molecule has 2 atom stereocenters. The maximum atomic E-state index is 6.42. The molecular formula is C100H129Cl2N7S5Si4+6. The minimum atomic E-state index is -1.82. The summed E-state index contributed by atoms with van der Waals surface area (Å²) in [6, 6.07) is 68.7. The van der Waals surface area contributed by atoms with Gasteiger partial charge in [-0.2, -0.15) is 0 Å². The van der Waals surface area contributed by atoms with Gasteiger partial charge in [-0.25, -0.2) is 4.58 Å². The Hall–Kier alpha value is -5.68. The second-order valence-corrected chi connectivity index (χ2v) is 59.5. The monoisotopic (exact) mass is 1770 g/mol. The van der Waals surface area contributed by atoms with Crippen LogP contribution in [0.15, 0.2) is 213 Å². The molecule has 10 aromatic carbocycles. The number of thioether (sulfide) groups is 5. The summed E-state index contributed by atoms with van der Waals surface area (Å²) in [7, 11) is 0.279. The van der Waals surface area contributed by atoms with Gasteiger partial charge in [0, 0.05) is 120 Å². The largest absolute Gasteiger partial charge is 0.387 e. The van der Waals surface area contributed by atoms with Crippen LogP contribution in [-0.2, 0) is 13.1 Å². The number of fused-ring (bicyclic) bond motifs is 9. The number of hydrogen-bond acceptors (Lipinski definition) is 6. The van der Waals surface area contributed by atoms with E-state index in [1.165, 1.54) is 216 Å². The first-order valence-electron chi connectivity index (χ1n) is 43.4. The molecule has 3 aliphatic carbocycles. The highest BCUT2D eigenvalue weighted by molar-refractivity contribution is 8.00. The van der Waals surface area contributed by atoms with Crippen LogP contribution < -0.4 is 34.3 Å². The first kappa shape index (κ1) is 88.6. The molecule has 0 N–H and O–H groups in total. The van der Waals surface area contributed by atoms with Crippen molar-refractivity contribution in [3.05, 3.63) is 237 Å². The third-order valence-electron chi connectivity index (χ3n) is 27.4. The Morgan fingerprint density at radius 3 is 1.58 bits per heavy atom. The Balaban J connectivity index is 0.000000117. The van der Waals surface area contributed by atoms with Crippen molar-refractivity contribution in [2.75, 3.05) is 62.1 Å². The van der Waals surface area contributed by atoms with Crippen LogP contribution in [0.25, 0.3) is 21.5 Å². The molecular weight excluding hydrogens is 1640 g/mol. The third kappa shape index (κ3) is 18.7. The van der Waals surface area contributed by atoms with Crippen molar-refractivity contribution in [1.82, 2.24) is 8.63 Å². The van der Waals surface area contributed by atoms with Gasteiger partial charge < -0.3 is 9.05 Å². The first-order valence-corrected chi connectivity index (χ1v) is 60.9. The van der Waals surface area contributed by atoms with Gasteiger partial charge in [-0.05, 0) is 236 Å². The van der Waals surface area contributed by atoms with E-state index in [-0.39, 0.29) is 0 Å². The van der Waals surface area contributed by atoms with Crippen molar-refractivity contribution in [2.45, 2.75) is 228 Å². The molecule has 3 saturated carbocycles. The van der Waals surface area contributed by atoms with Crippen LogP contribution in [0.5, 0.6) is 0 Å². The molecule has 18 heteroatoms. The average molecular weight is 1770 g/mol. The van der Waals surface area contributed by atoms with E-state index in [0.717, 1.165) is 50.2 Å². The Labute approximate surface area is 743 Å². The lowest BCUT2D eigenvalue weighted by Gasteiger charge is -2.49. The van der Waals surface area contributed by atoms with E-state index in [4.69, 9.17) is 23.2 Å². The molecule has 0 amide bonds. The normalized spacial score (nSPS) is 21.5. The fourth-order valence-electron chi connectivity index (χ4n) is 19.8. The minimum absolute atomic E-state index is 0.737. The number of anilines is 1. The van der Waals surface area contributed by atoms with Crippen LogP contribution in [0.2, 0.25) is 62.4 Å². The van der Waals surface area contributed by atoms with Crippen molar-refractivity contribution < 1.29 is 17.3 Å². The lowest BCUT2D eigenvalue weighted by molar-refractivity contribution is -0.521. The van der Waals surface area contributed by atoms with Gasteiger partial charge in [0.15, 0.2) is 36.7 Å². The number of halogens is 2. The predicted octanol–water partition coefficient (Wildman–Crippen LogP) is 25.3. The van der Waals surface area contributed by atoms with Crippen molar-refractivity contribution in [3.8, 4) is 0 Å². The number of quaternary nitrogens is 2. The van der Waals surface area contributed by atoms with Gasteiger partial charge in [-0.1, -0.05) is 228 Å². The van der Waals surface area contributed by atoms with Crippen molar-refractivity contribution in [2.24, 2.45) is 0 Å². The zero-order valence-corrected chi connectivity index (χ0v) is 83.3. The zero-order valence-electron chi connectivity index (χ0n) is 73.7. The third-order valence-corrected chi connectivity index (χ3v) is 50.9.